The van der Waals surface area contributed by atoms with Gasteiger partial charge in [0.25, 0.3) is 0 Å². The van der Waals surface area contributed by atoms with E-state index in [9.17, 15) is 5.11 Å². The van der Waals surface area contributed by atoms with Gasteiger partial charge >= 0.3 is 0 Å². The second-order valence-electron chi connectivity index (χ2n) is 5.20. The van der Waals surface area contributed by atoms with E-state index >= 15 is 0 Å². The summed E-state index contributed by atoms with van der Waals surface area (Å²) < 4.78 is 0. The third kappa shape index (κ3) is 3.83. The number of aryl methyl sites for hydroxylation is 1. The first-order chi connectivity index (χ1) is 8.25. The molecule has 2 unspecified atom stereocenters. The molecule has 0 aliphatic carbocycles. The van der Waals surface area contributed by atoms with Gasteiger partial charge in [-0.05, 0) is 57.2 Å². The molecule has 0 spiro atoms. The van der Waals surface area contributed by atoms with Gasteiger partial charge < -0.3 is 10.4 Å². The van der Waals surface area contributed by atoms with Gasteiger partial charge in [-0.25, -0.2) is 0 Å². The third-order valence-electron chi connectivity index (χ3n) is 3.69. The molecule has 94 valence electrons. The van der Waals surface area contributed by atoms with Gasteiger partial charge in [-0.2, -0.15) is 0 Å². The van der Waals surface area contributed by atoms with Gasteiger partial charge in [-0.1, -0.05) is 29.8 Å². The van der Waals surface area contributed by atoms with E-state index in [4.69, 9.17) is 0 Å². The second-order valence-corrected chi connectivity index (χ2v) is 5.20. The highest BCUT2D eigenvalue weighted by molar-refractivity contribution is 5.22. The van der Waals surface area contributed by atoms with Crippen molar-refractivity contribution in [3.8, 4) is 0 Å². The summed E-state index contributed by atoms with van der Waals surface area (Å²) >= 11 is 0. The smallest absolute Gasteiger partial charge is 0.0609 e. The lowest BCUT2D eigenvalue weighted by atomic mass is 9.90. The van der Waals surface area contributed by atoms with Crippen LogP contribution in [0.15, 0.2) is 24.3 Å². The molecular weight excluding hydrogens is 210 g/mol. The highest BCUT2D eigenvalue weighted by Crippen LogP contribution is 2.21. The van der Waals surface area contributed by atoms with Gasteiger partial charge in [0, 0.05) is 0 Å². The van der Waals surface area contributed by atoms with Crippen LogP contribution in [0.5, 0.6) is 0 Å². The molecule has 1 aromatic carbocycles. The molecule has 0 amide bonds. The summed E-state index contributed by atoms with van der Waals surface area (Å²) in [6.07, 6.45) is 4.06. The first-order valence-electron chi connectivity index (χ1n) is 6.70. The maximum absolute atomic E-state index is 10.3. The normalized spacial score (nSPS) is 23.1. The molecular formula is C15H23NO. The minimum atomic E-state index is -0.184. The fourth-order valence-electron chi connectivity index (χ4n) is 2.68. The third-order valence-corrected chi connectivity index (χ3v) is 3.69. The Bertz CT molecular complexity index is 343. The predicted octanol–water partition coefficient (Wildman–Crippen LogP) is 2.29. The molecule has 1 fully saturated rings. The van der Waals surface area contributed by atoms with Crippen LogP contribution in [0.2, 0.25) is 0 Å². The second kappa shape index (κ2) is 6.18. The first-order valence-corrected chi connectivity index (χ1v) is 6.70. The Labute approximate surface area is 104 Å². The Kier molecular flexibility index (Phi) is 4.57. The number of aliphatic hydroxyl groups excluding tert-OH is 1. The summed E-state index contributed by atoms with van der Waals surface area (Å²) in [6.45, 7) is 4.26. The zero-order valence-corrected chi connectivity index (χ0v) is 10.7. The van der Waals surface area contributed by atoms with Crippen molar-refractivity contribution in [1.29, 1.82) is 0 Å². The lowest BCUT2D eigenvalue weighted by molar-refractivity contribution is 0.100. The highest BCUT2D eigenvalue weighted by Gasteiger charge is 2.20. The van der Waals surface area contributed by atoms with Crippen LogP contribution in [0.4, 0.5) is 0 Å². The molecule has 1 saturated heterocycles. The van der Waals surface area contributed by atoms with Crippen molar-refractivity contribution in [2.45, 2.75) is 38.7 Å². The van der Waals surface area contributed by atoms with E-state index in [-0.39, 0.29) is 6.10 Å². The standard InChI is InChI=1S/C15H23NO/c1-12-4-2-5-13(10-12)11-15(17)14-6-3-8-16-9-7-14/h2,4-5,10,14-17H,3,6-9,11H2,1H3. The van der Waals surface area contributed by atoms with Crippen LogP contribution >= 0.6 is 0 Å². The molecule has 2 rings (SSSR count). The highest BCUT2D eigenvalue weighted by atomic mass is 16.3. The van der Waals surface area contributed by atoms with Crippen LogP contribution in [0, 0.1) is 12.8 Å². The summed E-state index contributed by atoms with van der Waals surface area (Å²) in [5.74, 6) is 0.463. The van der Waals surface area contributed by atoms with Gasteiger partial charge in [-0.3, -0.25) is 0 Å². The van der Waals surface area contributed by atoms with Crippen molar-refractivity contribution in [2.75, 3.05) is 13.1 Å². The van der Waals surface area contributed by atoms with E-state index in [1.807, 2.05) is 0 Å². The molecule has 0 bridgehead atoms. The number of hydrogen-bond acceptors (Lipinski definition) is 2. The molecule has 1 aromatic rings. The monoisotopic (exact) mass is 233 g/mol. The van der Waals surface area contributed by atoms with E-state index in [1.54, 1.807) is 0 Å². The topological polar surface area (TPSA) is 32.3 Å². The van der Waals surface area contributed by atoms with Crippen molar-refractivity contribution in [2.24, 2.45) is 5.92 Å². The van der Waals surface area contributed by atoms with Gasteiger partial charge in [0.15, 0.2) is 0 Å². The summed E-state index contributed by atoms with van der Waals surface area (Å²) in [4.78, 5) is 0. The lowest BCUT2D eigenvalue weighted by Crippen LogP contribution is -2.24. The van der Waals surface area contributed by atoms with E-state index in [1.165, 1.54) is 17.5 Å². The predicted molar refractivity (Wildman–Crippen MR) is 71.1 cm³/mol. The fourth-order valence-corrected chi connectivity index (χ4v) is 2.68. The van der Waals surface area contributed by atoms with Crippen molar-refractivity contribution < 1.29 is 5.11 Å². The largest absolute Gasteiger partial charge is 0.392 e. The van der Waals surface area contributed by atoms with E-state index < -0.39 is 0 Å². The minimum absolute atomic E-state index is 0.184. The molecule has 17 heavy (non-hydrogen) atoms. The number of hydrogen-bond donors (Lipinski definition) is 2. The van der Waals surface area contributed by atoms with E-state index in [2.05, 4.69) is 36.5 Å². The summed E-state index contributed by atoms with van der Waals surface area (Å²) in [5, 5.41) is 13.7. The maximum atomic E-state index is 10.3. The number of aliphatic hydroxyl groups is 1. The van der Waals surface area contributed by atoms with Crippen molar-refractivity contribution in [1.82, 2.24) is 5.32 Å². The van der Waals surface area contributed by atoms with E-state index in [0.717, 1.165) is 32.4 Å². The molecule has 1 aliphatic rings. The molecule has 1 heterocycles. The molecule has 2 heteroatoms. The van der Waals surface area contributed by atoms with Crippen LogP contribution in [0.25, 0.3) is 0 Å². The fraction of sp³-hybridized carbons (Fsp3) is 0.600. The summed E-state index contributed by atoms with van der Waals surface area (Å²) in [7, 11) is 0. The minimum Gasteiger partial charge on any atom is -0.392 e. The molecule has 0 saturated carbocycles. The van der Waals surface area contributed by atoms with Gasteiger partial charge in [0.2, 0.25) is 0 Å². The molecule has 1 aliphatic heterocycles. The van der Waals surface area contributed by atoms with Crippen molar-refractivity contribution >= 4 is 0 Å². The molecule has 2 atom stereocenters. The van der Waals surface area contributed by atoms with Crippen LogP contribution < -0.4 is 5.32 Å². The van der Waals surface area contributed by atoms with Crippen LogP contribution in [-0.4, -0.2) is 24.3 Å². The summed E-state index contributed by atoms with van der Waals surface area (Å²) in [5.41, 5.74) is 2.53. The molecule has 0 aromatic heterocycles. The Morgan fingerprint density at radius 1 is 1.35 bits per heavy atom. The Morgan fingerprint density at radius 3 is 3.06 bits per heavy atom. The summed E-state index contributed by atoms with van der Waals surface area (Å²) in [6, 6.07) is 8.47. The number of rotatable bonds is 3. The van der Waals surface area contributed by atoms with E-state index in [0.29, 0.717) is 5.92 Å². The Morgan fingerprint density at radius 2 is 2.24 bits per heavy atom. The average Bonchev–Trinajstić information content (AvgIpc) is 2.57. The first kappa shape index (κ1) is 12.6. The SMILES string of the molecule is Cc1cccc(CC(O)C2CCCNCC2)c1. The lowest BCUT2D eigenvalue weighted by Gasteiger charge is -2.21. The number of benzene rings is 1. The van der Waals surface area contributed by atoms with Gasteiger partial charge in [0.05, 0.1) is 6.10 Å². The molecule has 2 N–H and O–H groups in total. The average molecular weight is 233 g/mol. The van der Waals surface area contributed by atoms with Crippen molar-refractivity contribution in [3.05, 3.63) is 35.4 Å². The Hall–Kier alpha value is -0.860. The van der Waals surface area contributed by atoms with Crippen LogP contribution in [0.1, 0.15) is 30.4 Å². The Balaban J connectivity index is 1.93. The van der Waals surface area contributed by atoms with Gasteiger partial charge in [0.1, 0.15) is 0 Å². The molecule has 2 nitrogen and oxygen atoms in total. The number of nitrogens with one attached hydrogen (secondary N) is 1. The zero-order chi connectivity index (χ0) is 12.1. The van der Waals surface area contributed by atoms with Crippen LogP contribution in [-0.2, 0) is 6.42 Å². The molecule has 0 radical (unpaired) electrons. The quantitative estimate of drug-likeness (QED) is 0.839. The maximum Gasteiger partial charge on any atom is 0.0609 e. The van der Waals surface area contributed by atoms with Crippen molar-refractivity contribution in [3.63, 3.8) is 0 Å². The van der Waals surface area contributed by atoms with Gasteiger partial charge in [-0.15, -0.1) is 0 Å². The zero-order valence-electron chi connectivity index (χ0n) is 10.7. The van der Waals surface area contributed by atoms with Crippen LogP contribution in [0.3, 0.4) is 0 Å².